The van der Waals surface area contributed by atoms with E-state index in [2.05, 4.69) is 40.1 Å². The van der Waals surface area contributed by atoms with E-state index >= 15 is 0 Å². The van der Waals surface area contributed by atoms with Gasteiger partial charge >= 0.3 is 0 Å². The van der Waals surface area contributed by atoms with Crippen molar-refractivity contribution in [2.75, 3.05) is 13.1 Å². The zero-order chi connectivity index (χ0) is 11.8. The Morgan fingerprint density at radius 2 is 2.00 bits per heavy atom. The molecule has 0 radical (unpaired) electrons. The van der Waals surface area contributed by atoms with Gasteiger partial charge < -0.3 is 10.0 Å². The predicted octanol–water partition coefficient (Wildman–Crippen LogP) is 3.20. The highest BCUT2D eigenvalue weighted by Crippen LogP contribution is 2.39. The minimum Gasteiger partial charge on any atom is -0.385 e. The molecule has 1 aromatic rings. The van der Waals surface area contributed by atoms with Crippen LogP contribution in [0.3, 0.4) is 0 Å². The van der Waals surface area contributed by atoms with Crippen LogP contribution in [0.15, 0.2) is 15.2 Å². The molecule has 2 rings (SSSR count). The molecule has 0 saturated carbocycles. The summed E-state index contributed by atoms with van der Waals surface area (Å²) in [7, 11) is 0. The van der Waals surface area contributed by atoms with E-state index < -0.39 is 5.60 Å². The first-order valence-corrected chi connectivity index (χ1v) is 7.45. The van der Waals surface area contributed by atoms with Crippen LogP contribution in [0.5, 0.6) is 0 Å². The van der Waals surface area contributed by atoms with E-state index in [0.29, 0.717) is 6.04 Å². The number of rotatable bonds is 2. The van der Waals surface area contributed by atoms with Crippen molar-refractivity contribution in [3.8, 4) is 0 Å². The summed E-state index contributed by atoms with van der Waals surface area (Å²) in [5.41, 5.74) is 0.449. The van der Waals surface area contributed by atoms with E-state index in [1.54, 1.807) is 11.3 Å². The molecule has 16 heavy (non-hydrogen) atoms. The standard InChI is InChI=1S/C12H18BrNOS/c1-9(2)14-5-3-12(15,4-6-14)10-7-16-8-11(10)13/h7-9,15H,3-6H2,1-2H3. The van der Waals surface area contributed by atoms with Crippen LogP contribution in [0.1, 0.15) is 32.3 Å². The molecule has 1 N–H and O–H groups in total. The Labute approximate surface area is 109 Å². The van der Waals surface area contributed by atoms with Gasteiger partial charge in [0.1, 0.15) is 0 Å². The molecule has 4 heteroatoms. The largest absolute Gasteiger partial charge is 0.385 e. The van der Waals surface area contributed by atoms with Gasteiger partial charge in [0.25, 0.3) is 0 Å². The fourth-order valence-electron chi connectivity index (χ4n) is 2.29. The van der Waals surface area contributed by atoms with Gasteiger partial charge in [-0.3, -0.25) is 0 Å². The third-order valence-corrected chi connectivity index (χ3v) is 5.17. The topological polar surface area (TPSA) is 23.5 Å². The molecule has 2 heterocycles. The third-order valence-electron chi connectivity index (χ3n) is 3.47. The molecule has 1 fully saturated rings. The summed E-state index contributed by atoms with van der Waals surface area (Å²) in [5, 5.41) is 14.8. The summed E-state index contributed by atoms with van der Waals surface area (Å²) in [5.74, 6) is 0. The van der Waals surface area contributed by atoms with Crippen molar-refractivity contribution in [1.82, 2.24) is 4.90 Å². The molecular weight excluding hydrogens is 286 g/mol. The number of piperidine rings is 1. The van der Waals surface area contributed by atoms with E-state index in [1.165, 1.54) is 0 Å². The molecule has 0 spiro atoms. The maximum Gasteiger partial charge on any atom is 0.0939 e. The van der Waals surface area contributed by atoms with Gasteiger partial charge in [0.05, 0.1) is 5.60 Å². The Morgan fingerprint density at radius 3 is 2.44 bits per heavy atom. The summed E-state index contributed by atoms with van der Waals surface area (Å²) in [4.78, 5) is 2.43. The van der Waals surface area contributed by atoms with Gasteiger partial charge in [-0.2, -0.15) is 11.3 Å². The second-order valence-corrected chi connectivity index (χ2v) is 6.39. The number of thiophene rings is 1. The van der Waals surface area contributed by atoms with Gasteiger partial charge in [-0.25, -0.2) is 0 Å². The normalized spacial score (nSPS) is 21.6. The first-order valence-electron chi connectivity index (χ1n) is 5.71. The van der Waals surface area contributed by atoms with Crippen molar-refractivity contribution in [2.24, 2.45) is 0 Å². The molecule has 0 aliphatic carbocycles. The molecular formula is C12H18BrNOS. The molecule has 1 aliphatic rings. The van der Waals surface area contributed by atoms with E-state index in [9.17, 15) is 5.11 Å². The molecule has 0 unspecified atom stereocenters. The molecule has 0 bridgehead atoms. The van der Waals surface area contributed by atoms with E-state index in [4.69, 9.17) is 0 Å². The second kappa shape index (κ2) is 4.77. The zero-order valence-electron chi connectivity index (χ0n) is 9.74. The number of hydrogen-bond donors (Lipinski definition) is 1. The average molecular weight is 304 g/mol. The Hall–Kier alpha value is 0.100. The fraction of sp³-hybridized carbons (Fsp3) is 0.667. The van der Waals surface area contributed by atoms with Gasteiger partial charge in [-0.1, -0.05) is 0 Å². The highest BCUT2D eigenvalue weighted by Gasteiger charge is 2.36. The molecule has 1 saturated heterocycles. The lowest BCUT2D eigenvalue weighted by atomic mass is 9.86. The predicted molar refractivity (Wildman–Crippen MR) is 71.9 cm³/mol. The molecule has 0 aromatic carbocycles. The minimum atomic E-state index is -0.621. The summed E-state index contributed by atoms with van der Waals surface area (Å²) < 4.78 is 1.05. The van der Waals surface area contributed by atoms with Gasteiger partial charge in [-0.05, 0) is 48.0 Å². The Balaban J connectivity index is 2.10. The lowest BCUT2D eigenvalue weighted by molar-refractivity contribution is -0.0325. The lowest BCUT2D eigenvalue weighted by Crippen LogP contribution is -2.45. The van der Waals surface area contributed by atoms with Crippen LogP contribution >= 0.6 is 27.3 Å². The van der Waals surface area contributed by atoms with E-state index in [1.807, 2.05) is 5.38 Å². The van der Waals surface area contributed by atoms with Crippen molar-refractivity contribution in [2.45, 2.75) is 38.3 Å². The number of hydrogen-bond acceptors (Lipinski definition) is 3. The van der Waals surface area contributed by atoms with Crippen molar-refractivity contribution in [3.05, 3.63) is 20.8 Å². The maximum atomic E-state index is 10.7. The summed E-state index contributed by atoms with van der Waals surface area (Å²) >= 11 is 5.16. The van der Waals surface area contributed by atoms with Gasteiger partial charge in [0.2, 0.25) is 0 Å². The molecule has 2 nitrogen and oxygen atoms in total. The highest BCUT2D eigenvalue weighted by molar-refractivity contribution is 9.10. The van der Waals surface area contributed by atoms with Crippen LogP contribution in [0.4, 0.5) is 0 Å². The fourth-order valence-corrected chi connectivity index (χ4v) is 4.05. The van der Waals surface area contributed by atoms with E-state index in [-0.39, 0.29) is 0 Å². The van der Waals surface area contributed by atoms with Crippen molar-refractivity contribution < 1.29 is 5.11 Å². The number of likely N-dealkylation sites (tertiary alicyclic amines) is 1. The smallest absolute Gasteiger partial charge is 0.0939 e. The second-order valence-electron chi connectivity index (χ2n) is 4.79. The van der Waals surface area contributed by atoms with Gasteiger partial charge in [0.15, 0.2) is 0 Å². The quantitative estimate of drug-likeness (QED) is 0.907. The first-order chi connectivity index (χ1) is 7.53. The molecule has 1 aliphatic heterocycles. The number of aliphatic hydroxyl groups is 1. The minimum absolute atomic E-state index is 0.579. The van der Waals surface area contributed by atoms with Gasteiger partial charge in [0, 0.05) is 34.5 Å². The number of halogens is 1. The van der Waals surface area contributed by atoms with Crippen LogP contribution in [0, 0.1) is 0 Å². The van der Waals surface area contributed by atoms with Crippen molar-refractivity contribution in [1.29, 1.82) is 0 Å². The third kappa shape index (κ3) is 2.35. The first kappa shape index (κ1) is 12.6. The SMILES string of the molecule is CC(C)N1CCC(O)(c2cscc2Br)CC1. The van der Waals surface area contributed by atoms with E-state index in [0.717, 1.165) is 36.0 Å². The number of nitrogens with zero attached hydrogens (tertiary/aromatic N) is 1. The summed E-state index contributed by atoms with van der Waals surface area (Å²) in [6.07, 6.45) is 1.67. The average Bonchev–Trinajstić information content (AvgIpc) is 2.66. The monoisotopic (exact) mass is 303 g/mol. The molecule has 90 valence electrons. The highest BCUT2D eigenvalue weighted by atomic mass is 79.9. The Kier molecular flexibility index (Phi) is 3.74. The molecule has 1 aromatic heterocycles. The summed E-state index contributed by atoms with van der Waals surface area (Å²) in [6.45, 7) is 6.39. The van der Waals surface area contributed by atoms with Crippen molar-refractivity contribution >= 4 is 27.3 Å². The van der Waals surface area contributed by atoms with Crippen LogP contribution in [0.2, 0.25) is 0 Å². The van der Waals surface area contributed by atoms with Gasteiger partial charge in [-0.15, -0.1) is 0 Å². The van der Waals surface area contributed by atoms with Crippen LogP contribution in [-0.2, 0) is 5.60 Å². The Morgan fingerprint density at radius 1 is 1.38 bits per heavy atom. The summed E-state index contributed by atoms with van der Waals surface area (Å²) in [6, 6.07) is 0.579. The van der Waals surface area contributed by atoms with Crippen LogP contribution < -0.4 is 0 Å². The molecule has 0 amide bonds. The van der Waals surface area contributed by atoms with Crippen LogP contribution in [-0.4, -0.2) is 29.1 Å². The zero-order valence-corrected chi connectivity index (χ0v) is 12.1. The maximum absolute atomic E-state index is 10.7. The lowest BCUT2D eigenvalue weighted by Gasteiger charge is -2.40. The van der Waals surface area contributed by atoms with Crippen LogP contribution in [0.25, 0.3) is 0 Å². The Bertz CT molecular complexity index is 356. The molecule has 0 atom stereocenters. The van der Waals surface area contributed by atoms with Crippen molar-refractivity contribution in [3.63, 3.8) is 0 Å².